The van der Waals surface area contributed by atoms with E-state index >= 15 is 0 Å². The van der Waals surface area contributed by atoms with Crippen LogP contribution in [0.2, 0.25) is 15.1 Å². The first kappa shape index (κ1) is 14.7. The smallest absolute Gasteiger partial charge is 0.0595 e. The quantitative estimate of drug-likeness (QED) is 0.786. The lowest BCUT2D eigenvalue weighted by Gasteiger charge is -2.16. The highest BCUT2D eigenvalue weighted by molar-refractivity contribution is 6.42. The monoisotopic (exact) mass is 313 g/mol. The molecule has 2 aromatic carbocycles. The van der Waals surface area contributed by atoms with Crippen LogP contribution in [0, 0.1) is 0 Å². The topological polar surface area (TPSA) is 12.0 Å². The number of rotatable bonds is 4. The molecule has 0 saturated carbocycles. The van der Waals surface area contributed by atoms with E-state index < -0.39 is 0 Å². The summed E-state index contributed by atoms with van der Waals surface area (Å²) in [4.78, 5) is 0. The fourth-order valence-corrected chi connectivity index (χ4v) is 2.48. The van der Waals surface area contributed by atoms with Crippen molar-refractivity contribution >= 4 is 34.8 Å². The molecule has 0 aliphatic heterocycles. The van der Waals surface area contributed by atoms with Crippen LogP contribution >= 0.6 is 34.8 Å². The van der Waals surface area contributed by atoms with Gasteiger partial charge in [0, 0.05) is 17.6 Å². The normalized spacial score (nSPS) is 12.4. The van der Waals surface area contributed by atoms with Gasteiger partial charge < -0.3 is 5.32 Å². The van der Waals surface area contributed by atoms with Crippen molar-refractivity contribution in [3.05, 3.63) is 68.7 Å². The van der Waals surface area contributed by atoms with Crippen molar-refractivity contribution in [2.45, 2.75) is 19.5 Å². The fourth-order valence-electron chi connectivity index (χ4n) is 1.86. The van der Waals surface area contributed by atoms with Crippen LogP contribution in [0.5, 0.6) is 0 Å². The summed E-state index contributed by atoms with van der Waals surface area (Å²) in [6.07, 6.45) is 0. The summed E-state index contributed by atoms with van der Waals surface area (Å²) in [5, 5.41) is 5.34. The maximum Gasteiger partial charge on any atom is 0.0595 e. The van der Waals surface area contributed by atoms with E-state index in [9.17, 15) is 0 Å². The average Bonchev–Trinajstić information content (AvgIpc) is 2.40. The zero-order chi connectivity index (χ0) is 13.8. The predicted octanol–water partition coefficient (Wildman–Crippen LogP) is 5.50. The Morgan fingerprint density at radius 1 is 0.947 bits per heavy atom. The van der Waals surface area contributed by atoms with Crippen LogP contribution in [-0.4, -0.2) is 0 Å². The second-order valence-electron chi connectivity index (χ2n) is 4.37. The van der Waals surface area contributed by atoms with E-state index in [1.807, 2.05) is 36.4 Å². The Labute approximate surface area is 128 Å². The maximum atomic E-state index is 6.17. The van der Waals surface area contributed by atoms with Crippen LogP contribution in [0.3, 0.4) is 0 Å². The molecule has 1 nitrogen and oxygen atoms in total. The molecule has 0 unspecified atom stereocenters. The molecule has 1 atom stereocenters. The van der Waals surface area contributed by atoms with Gasteiger partial charge in [0.25, 0.3) is 0 Å². The van der Waals surface area contributed by atoms with Gasteiger partial charge >= 0.3 is 0 Å². The largest absolute Gasteiger partial charge is 0.306 e. The van der Waals surface area contributed by atoms with Crippen LogP contribution in [0.4, 0.5) is 0 Å². The van der Waals surface area contributed by atoms with E-state index in [0.29, 0.717) is 16.6 Å². The third kappa shape index (κ3) is 3.87. The Morgan fingerprint density at radius 3 is 2.37 bits per heavy atom. The molecule has 0 aliphatic rings. The van der Waals surface area contributed by atoms with Crippen molar-refractivity contribution in [2.24, 2.45) is 0 Å². The van der Waals surface area contributed by atoms with Gasteiger partial charge in [-0.15, -0.1) is 0 Å². The highest BCUT2D eigenvalue weighted by Crippen LogP contribution is 2.24. The van der Waals surface area contributed by atoms with Gasteiger partial charge in [-0.3, -0.25) is 0 Å². The Bertz CT molecular complexity index is 569. The standard InChI is InChI=1S/C15H14Cl3N/c1-10(12-4-2-3-5-13(12)16)19-9-11-6-7-14(17)15(18)8-11/h2-8,10,19H,9H2,1H3/t10-/m0/s1. The highest BCUT2D eigenvalue weighted by atomic mass is 35.5. The van der Waals surface area contributed by atoms with Gasteiger partial charge in [-0.05, 0) is 36.2 Å². The zero-order valence-electron chi connectivity index (χ0n) is 10.5. The number of benzene rings is 2. The molecule has 0 heterocycles. The first-order chi connectivity index (χ1) is 9.08. The minimum Gasteiger partial charge on any atom is -0.306 e. The zero-order valence-corrected chi connectivity index (χ0v) is 12.7. The van der Waals surface area contributed by atoms with Gasteiger partial charge in [-0.25, -0.2) is 0 Å². The summed E-state index contributed by atoms with van der Waals surface area (Å²) in [7, 11) is 0. The SMILES string of the molecule is C[C@H](NCc1ccc(Cl)c(Cl)c1)c1ccccc1Cl. The van der Waals surface area contributed by atoms with Crippen molar-refractivity contribution in [2.75, 3.05) is 0 Å². The lowest BCUT2D eigenvalue weighted by atomic mass is 10.1. The van der Waals surface area contributed by atoms with E-state index in [4.69, 9.17) is 34.8 Å². The molecule has 0 saturated heterocycles. The summed E-state index contributed by atoms with van der Waals surface area (Å²) in [5.74, 6) is 0. The van der Waals surface area contributed by atoms with Gasteiger partial charge in [0.15, 0.2) is 0 Å². The van der Waals surface area contributed by atoms with Gasteiger partial charge in [-0.1, -0.05) is 59.1 Å². The summed E-state index contributed by atoms with van der Waals surface area (Å²) < 4.78 is 0. The molecule has 0 aliphatic carbocycles. The van der Waals surface area contributed by atoms with E-state index in [1.165, 1.54) is 0 Å². The first-order valence-electron chi connectivity index (χ1n) is 5.99. The van der Waals surface area contributed by atoms with E-state index in [-0.39, 0.29) is 6.04 Å². The predicted molar refractivity (Wildman–Crippen MR) is 83.2 cm³/mol. The number of nitrogens with one attached hydrogen (secondary N) is 1. The summed E-state index contributed by atoms with van der Waals surface area (Å²) in [6, 6.07) is 13.6. The van der Waals surface area contributed by atoms with E-state index in [0.717, 1.165) is 16.1 Å². The third-order valence-electron chi connectivity index (χ3n) is 2.97. The minimum atomic E-state index is 0.170. The molecule has 0 amide bonds. The Hall–Kier alpha value is -0.730. The molecule has 0 bridgehead atoms. The summed E-state index contributed by atoms with van der Waals surface area (Å²) in [6.45, 7) is 2.79. The summed E-state index contributed by atoms with van der Waals surface area (Å²) in [5.41, 5.74) is 2.18. The number of halogens is 3. The van der Waals surface area contributed by atoms with Crippen molar-refractivity contribution in [1.82, 2.24) is 5.32 Å². The molecule has 2 rings (SSSR count). The Kier molecular flexibility index (Phi) is 5.12. The van der Waals surface area contributed by atoms with Gasteiger partial charge in [-0.2, -0.15) is 0 Å². The molecule has 2 aromatic rings. The lowest BCUT2D eigenvalue weighted by molar-refractivity contribution is 0.575. The molecule has 0 spiro atoms. The molecule has 0 aromatic heterocycles. The van der Waals surface area contributed by atoms with Crippen LogP contribution in [-0.2, 0) is 6.54 Å². The lowest BCUT2D eigenvalue weighted by Crippen LogP contribution is -2.18. The second-order valence-corrected chi connectivity index (χ2v) is 5.59. The van der Waals surface area contributed by atoms with Crippen molar-refractivity contribution in [3.63, 3.8) is 0 Å². The summed E-state index contributed by atoms with van der Waals surface area (Å²) >= 11 is 18.0. The van der Waals surface area contributed by atoms with E-state index in [1.54, 1.807) is 6.07 Å². The Balaban J connectivity index is 2.02. The average molecular weight is 315 g/mol. The molecular formula is C15H14Cl3N. The molecule has 1 N–H and O–H groups in total. The molecular weight excluding hydrogens is 301 g/mol. The second kappa shape index (κ2) is 6.62. The van der Waals surface area contributed by atoms with Gasteiger partial charge in [0.05, 0.1) is 10.0 Å². The van der Waals surface area contributed by atoms with Crippen LogP contribution in [0.25, 0.3) is 0 Å². The van der Waals surface area contributed by atoms with Crippen molar-refractivity contribution in [3.8, 4) is 0 Å². The van der Waals surface area contributed by atoms with Crippen LogP contribution < -0.4 is 5.32 Å². The molecule has 100 valence electrons. The third-order valence-corrected chi connectivity index (χ3v) is 4.05. The van der Waals surface area contributed by atoms with Gasteiger partial charge in [0.1, 0.15) is 0 Å². The van der Waals surface area contributed by atoms with Crippen molar-refractivity contribution < 1.29 is 0 Å². The fraction of sp³-hybridized carbons (Fsp3) is 0.200. The molecule has 0 fully saturated rings. The molecule has 0 radical (unpaired) electrons. The minimum absolute atomic E-state index is 0.170. The maximum absolute atomic E-state index is 6.17. The highest BCUT2D eigenvalue weighted by Gasteiger charge is 2.08. The first-order valence-corrected chi connectivity index (χ1v) is 7.13. The van der Waals surface area contributed by atoms with Crippen molar-refractivity contribution in [1.29, 1.82) is 0 Å². The molecule has 4 heteroatoms. The van der Waals surface area contributed by atoms with Crippen LogP contribution in [0.15, 0.2) is 42.5 Å². The number of hydrogen-bond donors (Lipinski definition) is 1. The molecule has 19 heavy (non-hydrogen) atoms. The van der Waals surface area contributed by atoms with Crippen LogP contribution in [0.1, 0.15) is 24.1 Å². The van der Waals surface area contributed by atoms with Gasteiger partial charge in [0.2, 0.25) is 0 Å². The Morgan fingerprint density at radius 2 is 1.68 bits per heavy atom. The van der Waals surface area contributed by atoms with E-state index in [2.05, 4.69) is 12.2 Å². The number of hydrogen-bond acceptors (Lipinski definition) is 1.